The highest BCUT2D eigenvalue weighted by Crippen LogP contribution is 2.47. The summed E-state index contributed by atoms with van der Waals surface area (Å²) in [6.45, 7) is 14.7. The Balaban J connectivity index is 2.83. The summed E-state index contributed by atoms with van der Waals surface area (Å²) >= 11 is 0. The van der Waals surface area contributed by atoms with Crippen molar-refractivity contribution in [2.75, 3.05) is 24.7 Å². The van der Waals surface area contributed by atoms with Crippen LogP contribution in [-0.4, -0.2) is 33.6 Å². The van der Waals surface area contributed by atoms with E-state index in [1.54, 1.807) is 26.0 Å². The number of hydrogen-bond donors (Lipinski definition) is 1. The highest BCUT2D eigenvalue weighted by molar-refractivity contribution is 7.54. The third-order valence-electron chi connectivity index (χ3n) is 4.29. The fourth-order valence-corrected chi connectivity index (χ4v) is 4.48. The topological polar surface area (TPSA) is 73.9 Å². The molecule has 0 saturated heterocycles. The molecule has 0 fully saturated rings. The van der Waals surface area contributed by atoms with Gasteiger partial charge in [0.25, 0.3) is 0 Å². The first kappa shape index (κ1) is 22.9. The minimum absolute atomic E-state index is 0.0773. The van der Waals surface area contributed by atoms with E-state index in [1.807, 2.05) is 12.1 Å². The van der Waals surface area contributed by atoms with Gasteiger partial charge in [-0.2, -0.15) is 0 Å². The van der Waals surface area contributed by atoms with Crippen LogP contribution in [0.5, 0.6) is 5.75 Å². The molecule has 0 aromatic heterocycles. The Morgan fingerprint density at radius 2 is 1.73 bits per heavy atom. The number of hydrogen-bond acceptors (Lipinski definition) is 5. The highest BCUT2D eigenvalue weighted by Gasteiger charge is 2.39. The predicted octanol–water partition coefficient (Wildman–Crippen LogP) is 5.28. The number of anilines is 1. The molecule has 1 aromatic rings. The molecule has 0 spiro atoms. The Kier molecular flexibility index (Phi) is 8.08. The maximum Gasteiger partial charge on any atom is 0.340 e. The third-order valence-corrected chi connectivity index (χ3v) is 10.6. The van der Waals surface area contributed by atoms with Gasteiger partial charge >= 0.3 is 7.60 Å². The summed E-state index contributed by atoms with van der Waals surface area (Å²) in [6.07, 6.45) is -0.317. The molecule has 0 aliphatic carbocycles. The smallest absolute Gasteiger partial charge is 0.340 e. The van der Waals surface area contributed by atoms with Crippen LogP contribution in [0.25, 0.3) is 0 Å². The number of nitrogens with one attached hydrogen (secondary N) is 1. The molecule has 26 heavy (non-hydrogen) atoms. The lowest BCUT2D eigenvalue weighted by Gasteiger charge is -2.36. The van der Waals surface area contributed by atoms with E-state index in [0.29, 0.717) is 11.4 Å². The van der Waals surface area contributed by atoms with Crippen LogP contribution in [0, 0.1) is 0 Å². The van der Waals surface area contributed by atoms with Crippen molar-refractivity contribution in [3.8, 4) is 5.75 Å². The van der Waals surface area contributed by atoms with E-state index in [1.165, 1.54) is 0 Å². The number of amides is 1. The SMILES string of the molecule is CCOP(=O)(CC(=O)Nc1cccc(O[Si](C)(C)C(C)(C)C)c1)OCC. The number of rotatable bonds is 9. The first-order chi connectivity index (χ1) is 11.9. The maximum atomic E-state index is 12.5. The van der Waals surface area contributed by atoms with Crippen LogP contribution in [-0.2, 0) is 18.4 Å². The van der Waals surface area contributed by atoms with Crippen molar-refractivity contribution in [3.63, 3.8) is 0 Å². The highest BCUT2D eigenvalue weighted by atomic mass is 31.2. The average Bonchev–Trinajstić information content (AvgIpc) is 2.45. The largest absolute Gasteiger partial charge is 0.543 e. The fraction of sp³-hybridized carbons (Fsp3) is 0.611. The van der Waals surface area contributed by atoms with Crippen LogP contribution in [0.15, 0.2) is 24.3 Å². The average molecular weight is 402 g/mol. The van der Waals surface area contributed by atoms with Gasteiger partial charge in [0, 0.05) is 11.8 Å². The third kappa shape index (κ3) is 6.87. The molecule has 148 valence electrons. The van der Waals surface area contributed by atoms with E-state index in [2.05, 4.69) is 39.2 Å². The molecule has 0 radical (unpaired) electrons. The molecule has 0 bridgehead atoms. The molecule has 1 N–H and O–H groups in total. The van der Waals surface area contributed by atoms with Gasteiger partial charge in [0.05, 0.1) is 13.2 Å². The quantitative estimate of drug-likeness (QED) is 0.450. The van der Waals surface area contributed by atoms with Gasteiger partial charge in [-0.3, -0.25) is 9.36 Å². The molecule has 0 saturated carbocycles. The lowest BCUT2D eigenvalue weighted by molar-refractivity contribution is -0.114. The zero-order valence-corrected chi connectivity index (χ0v) is 18.8. The summed E-state index contributed by atoms with van der Waals surface area (Å²) in [4.78, 5) is 12.3. The lowest BCUT2D eigenvalue weighted by Crippen LogP contribution is -2.43. The summed E-state index contributed by atoms with van der Waals surface area (Å²) in [6, 6.07) is 7.25. The molecular weight excluding hydrogens is 369 g/mol. The fourth-order valence-electron chi connectivity index (χ4n) is 1.98. The summed E-state index contributed by atoms with van der Waals surface area (Å²) in [5.74, 6) is 0.298. The van der Waals surface area contributed by atoms with E-state index in [0.717, 1.165) is 0 Å². The molecule has 0 atom stereocenters. The normalized spacial score (nSPS) is 12.7. The maximum absolute atomic E-state index is 12.5. The number of carbonyl (C=O) groups is 1. The first-order valence-electron chi connectivity index (χ1n) is 8.89. The van der Waals surface area contributed by atoms with Crippen LogP contribution >= 0.6 is 7.60 Å². The summed E-state index contributed by atoms with van der Waals surface area (Å²) in [5.41, 5.74) is 0.589. The van der Waals surface area contributed by atoms with Gasteiger partial charge in [-0.25, -0.2) is 0 Å². The number of carbonyl (C=O) groups excluding carboxylic acids is 1. The molecule has 1 amide bonds. The molecule has 0 aliphatic heterocycles. The standard InChI is InChI=1S/C18H32NO5PSi/c1-8-22-25(21,23-9-2)14-17(20)19-15-11-10-12-16(13-15)24-26(6,7)18(3,4)5/h10-13H,8-9,14H2,1-7H3,(H,19,20). The molecule has 8 heteroatoms. The second kappa shape index (κ2) is 9.18. The predicted molar refractivity (Wildman–Crippen MR) is 109 cm³/mol. The van der Waals surface area contributed by atoms with Crippen LogP contribution in [0.3, 0.4) is 0 Å². The molecule has 6 nitrogen and oxygen atoms in total. The summed E-state index contributed by atoms with van der Waals surface area (Å²) in [5, 5.41) is 2.82. The van der Waals surface area contributed by atoms with Crippen molar-refractivity contribution in [1.29, 1.82) is 0 Å². The lowest BCUT2D eigenvalue weighted by atomic mass is 10.2. The van der Waals surface area contributed by atoms with E-state index in [4.69, 9.17) is 13.5 Å². The van der Waals surface area contributed by atoms with Gasteiger partial charge < -0.3 is 18.8 Å². The van der Waals surface area contributed by atoms with Crippen LogP contribution in [0.1, 0.15) is 34.6 Å². The van der Waals surface area contributed by atoms with E-state index in [9.17, 15) is 9.36 Å². The van der Waals surface area contributed by atoms with Gasteiger partial charge in [-0.15, -0.1) is 0 Å². The Bertz CT molecular complexity index is 647. The first-order valence-corrected chi connectivity index (χ1v) is 13.5. The molecule has 1 rings (SSSR count). The van der Waals surface area contributed by atoms with Gasteiger partial charge in [0.2, 0.25) is 14.2 Å². The minimum Gasteiger partial charge on any atom is -0.543 e. The molecular formula is C18H32NO5PSi. The zero-order chi connectivity index (χ0) is 20.0. The second-order valence-corrected chi connectivity index (χ2v) is 14.3. The van der Waals surface area contributed by atoms with Gasteiger partial charge in [0.15, 0.2) is 0 Å². The van der Waals surface area contributed by atoms with Crippen molar-refractivity contribution < 1.29 is 22.8 Å². The van der Waals surface area contributed by atoms with Crippen molar-refractivity contribution in [2.45, 2.75) is 52.8 Å². The minimum atomic E-state index is -3.42. The van der Waals surface area contributed by atoms with E-state index in [-0.39, 0.29) is 24.4 Å². The van der Waals surface area contributed by atoms with Gasteiger partial charge in [0.1, 0.15) is 11.9 Å². The van der Waals surface area contributed by atoms with Crippen LogP contribution in [0.2, 0.25) is 18.1 Å². The monoisotopic (exact) mass is 401 g/mol. The Morgan fingerprint density at radius 3 is 2.23 bits per heavy atom. The Hall–Kier alpha value is -1.14. The van der Waals surface area contributed by atoms with Crippen molar-refractivity contribution in [1.82, 2.24) is 0 Å². The van der Waals surface area contributed by atoms with Crippen LogP contribution in [0.4, 0.5) is 5.69 Å². The van der Waals surface area contributed by atoms with Crippen molar-refractivity contribution in [3.05, 3.63) is 24.3 Å². The molecule has 1 aromatic carbocycles. The zero-order valence-electron chi connectivity index (χ0n) is 16.9. The molecule has 0 aliphatic rings. The van der Waals surface area contributed by atoms with Crippen LogP contribution < -0.4 is 9.74 Å². The second-order valence-electron chi connectivity index (χ2n) is 7.54. The van der Waals surface area contributed by atoms with Gasteiger partial charge in [-0.05, 0) is 44.1 Å². The van der Waals surface area contributed by atoms with Crippen molar-refractivity contribution in [2.24, 2.45) is 0 Å². The van der Waals surface area contributed by atoms with E-state index < -0.39 is 21.8 Å². The summed E-state index contributed by atoms with van der Waals surface area (Å²) < 4.78 is 29.0. The summed E-state index contributed by atoms with van der Waals surface area (Å²) in [7, 11) is -5.38. The van der Waals surface area contributed by atoms with E-state index >= 15 is 0 Å². The Labute approximate surface area is 158 Å². The number of benzene rings is 1. The Morgan fingerprint density at radius 1 is 1.15 bits per heavy atom. The molecule has 0 heterocycles. The molecule has 0 unspecified atom stereocenters. The van der Waals surface area contributed by atoms with Gasteiger partial charge in [-0.1, -0.05) is 26.8 Å². The van der Waals surface area contributed by atoms with Crippen molar-refractivity contribution >= 4 is 27.5 Å².